The molecule has 8 nitrogen and oxygen atoms in total. The molecule has 0 aliphatic carbocycles. The predicted octanol–water partition coefficient (Wildman–Crippen LogP) is 2.76. The summed E-state index contributed by atoms with van der Waals surface area (Å²) in [5.74, 6) is -1.09. The van der Waals surface area contributed by atoms with E-state index in [1.165, 1.54) is 30.5 Å². The molecule has 30 heavy (non-hydrogen) atoms. The maximum absolute atomic E-state index is 13.5. The minimum absolute atomic E-state index is 0.0477. The zero-order chi connectivity index (χ0) is 22.5. The van der Waals surface area contributed by atoms with Crippen LogP contribution >= 0.6 is 0 Å². The number of methoxy groups -OCH3 is 1. The van der Waals surface area contributed by atoms with Gasteiger partial charge >= 0.3 is 11.9 Å². The Balaban J connectivity index is 2.46. The quantitative estimate of drug-likeness (QED) is 0.626. The van der Waals surface area contributed by atoms with Crippen molar-refractivity contribution in [1.82, 2.24) is 4.31 Å². The SMILES string of the molecule is COc1ccc(S(=O)(=O)N2CCCCC(COC(C)=O)C2C(=O)OC(C)(C)C)cc1. The number of hydrogen-bond donors (Lipinski definition) is 0. The molecule has 0 aromatic heterocycles. The lowest BCUT2D eigenvalue weighted by Crippen LogP contribution is -2.51. The van der Waals surface area contributed by atoms with E-state index in [2.05, 4.69) is 0 Å². The zero-order valence-corrected chi connectivity index (χ0v) is 19.0. The first-order chi connectivity index (χ1) is 14.0. The number of sulfonamides is 1. The molecule has 0 bridgehead atoms. The van der Waals surface area contributed by atoms with Crippen molar-refractivity contribution in [2.24, 2.45) is 5.92 Å². The van der Waals surface area contributed by atoms with Gasteiger partial charge in [-0.3, -0.25) is 9.59 Å². The molecule has 1 aromatic rings. The molecule has 1 aliphatic heterocycles. The summed E-state index contributed by atoms with van der Waals surface area (Å²) in [4.78, 5) is 24.5. The van der Waals surface area contributed by atoms with Crippen LogP contribution in [-0.2, 0) is 29.1 Å². The van der Waals surface area contributed by atoms with Crippen molar-refractivity contribution in [3.05, 3.63) is 24.3 Å². The molecule has 1 aromatic carbocycles. The van der Waals surface area contributed by atoms with Crippen molar-refractivity contribution >= 4 is 22.0 Å². The highest BCUT2D eigenvalue weighted by atomic mass is 32.2. The van der Waals surface area contributed by atoms with E-state index in [9.17, 15) is 18.0 Å². The second kappa shape index (κ2) is 9.78. The van der Waals surface area contributed by atoms with Crippen LogP contribution in [-0.4, -0.2) is 56.6 Å². The lowest BCUT2D eigenvalue weighted by molar-refractivity contribution is -0.163. The van der Waals surface area contributed by atoms with Crippen molar-refractivity contribution < 1.29 is 32.2 Å². The average Bonchev–Trinajstić information content (AvgIpc) is 2.88. The van der Waals surface area contributed by atoms with Gasteiger partial charge in [-0.05, 0) is 57.9 Å². The molecule has 1 heterocycles. The maximum Gasteiger partial charge on any atom is 0.325 e. The lowest BCUT2D eigenvalue weighted by atomic mass is 9.96. The Hall–Kier alpha value is -2.13. The number of ether oxygens (including phenoxy) is 3. The first-order valence-electron chi connectivity index (χ1n) is 9.98. The molecule has 0 radical (unpaired) electrons. The Kier molecular flexibility index (Phi) is 7.87. The van der Waals surface area contributed by atoms with Crippen LogP contribution in [0.4, 0.5) is 0 Å². The number of benzene rings is 1. The van der Waals surface area contributed by atoms with E-state index in [0.29, 0.717) is 25.0 Å². The van der Waals surface area contributed by atoms with Crippen LogP contribution in [0.15, 0.2) is 29.2 Å². The Morgan fingerprint density at radius 2 is 1.77 bits per heavy atom. The number of rotatable bonds is 6. The molecule has 0 N–H and O–H groups in total. The molecule has 0 amide bonds. The van der Waals surface area contributed by atoms with Crippen molar-refractivity contribution in [2.75, 3.05) is 20.3 Å². The van der Waals surface area contributed by atoms with Gasteiger partial charge in [0.25, 0.3) is 0 Å². The Morgan fingerprint density at radius 1 is 1.13 bits per heavy atom. The summed E-state index contributed by atoms with van der Waals surface area (Å²) in [5, 5.41) is 0. The van der Waals surface area contributed by atoms with Crippen LogP contribution in [0.3, 0.4) is 0 Å². The van der Waals surface area contributed by atoms with Gasteiger partial charge in [0.15, 0.2) is 0 Å². The molecule has 0 saturated carbocycles. The molecular weight excluding hydrogens is 410 g/mol. The number of carbonyl (C=O) groups excluding carboxylic acids is 2. The summed E-state index contributed by atoms with van der Waals surface area (Å²) in [7, 11) is -2.50. The first-order valence-corrected chi connectivity index (χ1v) is 11.4. The zero-order valence-electron chi connectivity index (χ0n) is 18.2. The van der Waals surface area contributed by atoms with E-state index in [-0.39, 0.29) is 18.0 Å². The largest absolute Gasteiger partial charge is 0.497 e. The molecule has 168 valence electrons. The molecule has 1 saturated heterocycles. The molecule has 2 rings (SSSR count). The van der Waals surface area contributed by atoms with E-state index in [1.54, 1.807) is 32.9 Å². The van der Waals surface area contributed by atoms with E-state index < -0.39 is 39.5 Å². The minimum Gasteiger partial charge on any atom is -0.497 e. The highest BCUT2D eigenvalue weighted by Crippen LogP contribution is 2.31. The molecule has 9 heteroatoms. The average molecular weight is 442 g/mol. The van der Waals surface area contributed by atoms with Gasteiger partial charge in [0, 0.05) is 19.4 Å². The number of nitrogens with zero attached hydrogens (tertiary/aromatic N) is 1. The van der Waals surface area contributed by atoms with Gasteiger partial charge in [0.1, 0.15) is 17.4 Å². The monoisotopic (exact) mass is 441 g/mol. The minimum atomic E-state index is -4.00. The highest BCUT2D eigenvalue weighted by Gasteiger charge is 2.44. The van der Waals surface area contributed by atoms with Crippen LogP contribution in [0, 0.1) is 5.92 Å². The number of esters is 2. The maximum atomic E-state index is 13.5. The standard InChI is InChI=1S/C21H31NO7S/c1-15(23)28-14-16-8-6-7-13-22(19(16)20(24)29-21(2,3)4)30(25,26)18-11-9-17(27-5)10-12-18/h9-12,16,19H,6-8,13-14H2,1-5H3. The van der Waals surface area contributed by atoms with Gasteiger partial charge in [-0.1, -0.05) is 6.42 Å². The Morgan fingerprint density at radius 3 is 2.30 bits per heavy atom. The van der Waals surface area contributed by atoms with Crippen molar-refractivity contribution in [2.45, 2.75) is 63.5 Å². The van der Waals surface area contributed by atoms with Crippen molar-refractivity contribution in [1.29, 1.82) is 0 Å². The fraction of sp³-hybridized carbons (Fsp3) is 0.619. The number of hydrogen-bond acceptors (Lipinski definition) is 7. The van der Waals surface area contributed by atoms with Crippen LogP contribution in [0.1, 0.15) is 47.0 Å². The lowest BCUT2D eigenvalue weighted by Gasteiger charge is -2.34. The van der Waals surface area contributed by atoms with Gasteiger partial charge in [0.2, 0.25) is 10.0 Å². The van der Waals surface area contributed by atoms with E-state index in [4.69, 9.17) is 14.2 Å². The van der Waals surface area contributed by atoms with Crippen molar-refractivity contribution in [3.8, 4) is 5.75 Å². The second-order valence-corrected chi connectivity index (χ2v) is 10.2. The van der Waals surface area contributed by atoms with Gasteiger partial charge in [0.05, 0.1) is 18.6 Å². The highest BCUT2D eigenvalue weighted by molar-refractivity contribution is 7.89. The fourth-order valence-corrected chi connectivity index (χ4v) is 5.11. The van der Waals surface area contributed by atoms with E-state index in [0.717, 1.165) is 0 Å². The Bertz CT molecular complexity index is 843. The van der Waals surface area contributed by atoms with Crippen molar-refractivity contribution in [3.63, 3.8) is 0 Å². The summed E-state index contributed by atoms with van der Waals surface area (Å²) in [6, 6.07) is 4.93. The van der Waals surface area contributed by atoms with Crippen LogP contribution in [0.2, 0.25) is 0 Å². The molecule has 1 aliphatic rings. The van der Waals surface area contributed by atoms with Gasteiger partial charge < -0.3 is 14.2 Å². The third-order valence-corrected chi connectivity index (χ3v) is 6.67. The fourth-order valence-electron chi connectivity index (χ4n) is 3.43. The van der Waals surface area contributed by atoms with Gasteiger partial charge in [-0.25, -0.2) is 8.42 Å². The normalized spacial score (nSPS) is 20.8. The second-order valence-electron chi connectivity index (χ2n) is 8.33. The molecule has 2 unspecified atom stereocenters. The summed E-state index contributed by atoms with van der Waals surface area (Å²) < 4.78 is 44.0. The predicted molar refractivity (Wildman–Crippen MR) is 110 cm³/mol. The third-order valence-electron chi connectivity index (χ3n) is 4.78. The smallest absolute Gasteiger partial charge is 0.325 e. The van der Waals surface area contributed by atoms with Gasteiger partial charge in [-0.2, -0.15) is 4.31 Å². The molecular formula is C21H31NO7S. The van der Waals surface area contributed by atoms with Crippen LogP contribution < -0.4 is 4.74 Å². The molecule has 1 fully saturated rings. The first kappa shape index (κ1) is 24.1. The van der Waals surface area contributed by atoms with Crippen LogP contribution in [0.5, 0.6) is 5.75 Å². The summed E-state index contributed by atoms with van der Waals surface area (Å²) >= 11 is 0. The summed E-state index contributed by atoms with van der Waals surface area (Å²) in [6.07, 6.45) is 1.84. The topological polar surface area (TPSA) is 99.2 Å². The Labute approximate surface area is 178 Å². The number of carbonyl (C=O) groups is 2. The summed E-state index contributed by atoms with van der Waals surface area (Å²) in [5.41, 5.74) is -0.787. The van der Waals surface area contributed by atoms with E-state index >= 15 is 0 Å². The molecule has 0 spiro atoms. The van der Waals surface area contributed by atoms with E-state index in [1.807, 2.05) is 0 Å². The van der Waals surface area contributed by atoms with Gasteiger partial charge in [-0.15, -0.1) is 0 Å². The van der Waals surface area contributed by atoms with Crippen LogP contribution in [0.25, 0.3) is 0 Å². The molecule has 2 atom stereocenters. The third kappa shape index (κ3) is 6.18. The summed E-state index contributed by atoms with van der Waals surface area (Å²) in [6.45, 7) is 6.59.